The number of benzene rings is 1. The van der Waals surface area contributed by atoms with Crippen molar-refractivity contribution in [1.82, 2.24) is 5.32 Å². The Morgan fingerprint density at radius 1 is 1.31 bits per heavy atom. The van der Waals surface area contributed by atoms with Gasteiger partial charge in [-0.05, 0) is 24.7 Å². The third-order valence-electron chi connectivity index (χ3n) is 1.58. The molecule has 0 atom stereocenters. The van der Waals surface area contributed by atoms with Crippen molar-refractivity contribution in [1.29, 1.82) is 0 Å². The van der Waals surface area contributed by atoms with E-state index < -0.39 is 11.6 Å². The monoisotopic (exact) mass is 183 g/mol. The highest BCUT2D eigenvalue weighted by molar-refractivity contribution is 5.49. The van der Waals surface area contributed by atoms with Crippen molar-refractivity contribution in [2.45, 2.75) is 0 Å². The second kappa shape index (κ2) is 4.72. The van der Waals surface area contributed by atoms with E-state index in [1.165, 1.54) is 12.1 Å². The van der Waals surface area contributed by atoms with Gasteiger partial charge in [-0.25, -0.2) is 8.78 Å². The maximum atomic E-state index is 12.7. The van der Waals surface area contributed by atoms with E-state index in [-0.39, 0.29) is 0 Å². The van der Waals surface area contributed by atoms with Crippen LogP contribution < -0.4 is 5.32 Å². The quantitative estimate of drug-likeness (QED) is 0.757. The summed E-state index contributed by atoms with van der Waals surface area (Å²) in [6, 6.07) is 3.82. The minimum absolute atomic E-state index is 0.661. The molecule has 0 radical (unpaired) electrons. The first-order chi connectivity index (χ1) is 6.24. The van der Waals surface area contributed by atoms with Crippen LogP contribution in [0.25, 0.3) is 6.08 Å². The van der Waals surface area contributed by atoms with Gasteiger partial charge in [-0.15, -0.1) is 0 Å². The lowest BCUT2D eigenvalue weighted by Crippen LogP contribution is -2.03. The van der Waals surface area contributed by atoms with E-state index in [2.05, 4.69) is 5.32 Å². The van der Waals surface area contributed by atoms with Crippen LogP contribution in [0.4, 0.5) is 8.78 Å². The molecule has 1 aromatic carbocycles. The van der Waals surface area contributed by atoms with Gasteiger partial charge in [-0.3, -0.25) is 0 Å². The Labute approximate surface area is 76.1 Å². The van der Waals surface area contributed by atoms with E-state index >= 15 is 0 Å². The zero-order chi connectivity index (χ0) is 9.68. The average molecular weight is 183 g/mol. The first kappa shape index (κ1) is 9.86. The molecule has 0 saturated carbocycles. The van der Waals surface area contributed by atoms with Crippen molar-refractivity contribution < 1.29 is 8.78 Å². The van der Waals surface area contributed by atoms with Gasteiger partial charge in [-0.2, -0.15) is 0 Å². The largest absolute Gasteiger partial charge is 0.316 e. The highest BCUT2D eigenvalue weighted by Gasteiger charge is 1.99. The number of likely N-dealkylation sites (N-methyl/N-ethyl adjacent to an activating group) is 1. The predicted octanol–water partition coefficient (Wildman–Crippen LogP) is 2.20. The van der Waals surface area contributed by atoms with Crippen LogP contribution in [0.15, 0.2) is 24.3 Å². The molecule has 0 aliphatic heterocycles. The summed E-state index contributed by atoms with van der Waals surface area (Å²) in [5.41, 5.74) is 0.661. The molecule has 1 N–H and O–H groups in total. The van der Waals surface area contributed by atoms with Crippen LogP contribution in [0.3, 0.4) is 0 Å². The zero-order valence-corrected chi connectivity index (χ0v) is 7.35. The second-order valence-corrected chi connectivity index (χ2v) is 2.63. The molecular formula is C10H11F2N. The Balaban J connectivity index is 2.73. The smallest absolute Gasteiger partial charge is 0.159 e. The van der Waals surface area contributed by atoms with Gasteiger partial charge in [0.15, 0.2) is 11.6 Å². The van der Waals surface area contributed by atoms with Gasteiger partial charge in [0.25, 0.3) is 0 Å². The van der Waals surface area contributed by atoms with Gasteiger partial charge in [-0.1, -0.05) is 18.2 Å². The first-order valence-corrected chi connectivity index (χ1v) is 4.00. The predicted molar refractivity (Wildman–Crippen MR) is 49.3 cm³/mol. The van der Waals surface area contributed by atoms with Crippen molar-refractivity contribution in [2.75, 3.05) is 13.6 Å². The maximum absolute atomic E-state index is 12.7. The van der Waals surface area contributed by atoms with Crippen molar-refractivity contribution in [3.63, 3.8) is 0 Å². The second-order valence-electron chi connectivity index (χ2n) is 2.63. The fourth-order valence-electron chi connectivity index (χ4n) is 0.929. The van der Waals surface area contributed by atoms with E-state index in [0.717, 1.165) is 6.07 Å². The van der Waals surface area contributed by atoms with Crippen LogP contribution in [-0.4, -0.2) is 13.6 Å². The van der Waals surface area contributed by atoms with Crippen LogP contribution in [0, 0.1) is 11.6 Å². The molecule has 0 unspecified atom stereocenters. The molecule has 1 nitrogen and oxygen atoms in total. The standard InChI is InChI=1S/C10H11F2N/c1-13-6-2-3-8-4-5-9(11)10(12)7-8/h2-5,7,13H,6H2,1H3. The summed E-state index contributed by atoms with van der Waals surface area (Å²) in [7, 11) is 1.82. The van der Waals surface area contributed by atoms with Crippen molar-refractivity contribution in [2.24, 2.45) is 0 Å². The highest BCUT2D eigenvalue weighted by atomic mass is 19.2. The van der Waals surface area contributed by atoms with Crippen LogP contribution in [0.1, 0.15) is 5.56 Å². The molecule has 1 rings (SSSR count). The van der Waals surface area contributed by atoms with E-state index in [4.69, 9.17) is 0 Å². The molecular weight excluding hydrogens is 172 g/mol. The Kier molecular flexibility index (Phi) is 3.58. The van der Waals surface area contributed by atoms with E-state index in [1.54, 1.807) is 6.08 Å². The number of hydrogen-bond donors (Lipinski definition) is 1. The summed E-state index contributed by atoms with van der Waals surface area (Å²) < 4.78 is 25.1. The van der Waals surface area contributed by atoms with E-state index in [9.17, 15) is 8.78 Å². The lowest BCUT2D eigenvalue weighted by Gasteiger charge is -1.95. The van der Waals surface area contributed by atoms with Crippen LogP contribution >= 0.6 is 0 Å². The minimum atomic E-state index is -0.814. The van der Waals surface area contributed by atoms with Crippen molar-refractivity contribution in [3.8, 4) is 0 Å². The summed E-state index contributed by atoms with van der Waals surface area (Å²) in [4.78, 5) is 0. The van der Waals surface area contributed by atoms with Gasteiger partial charge in [0.2, 0.25) is 0 Å². The van der Waals surface area contributed by atoms with E-state index in [1.807, 2.05) is 13.1 Å². The van der Waals surface area contributed by atoms with Gasteiger partial charge < -0.3 is 5.32 Å². The van der Waals surface area contributed by atoms with Crippen molar-refractivity contribution >= 4 is 6.08 Å². The molecule has 0 saturated heterocycles. The fraction of sp³-hybridized carbons (Fsp3) is 0.200. The number of rotatable bonds is 3. The van der Waals surface area contributed by atoms with Crippen LogP contribution in [0.2, 0.25) is 0 Å². The van der Waals surface area contributed by atoms with Gasteiger partial charge >= 0.3 is 0 Å². The molecule has 0 spiro atoms. The third-order valence-corrected chi connectivity index (χ3v) is 1.58. The molecule has 0 fully saturated rings. The lowest BCUT2D eigenvalue weighted by molar-refractivity contribution is 0.508. The van der Waals surface area contributed by atoms with Crippen molar-refractivity contribution in [3.05, 3.63) is 41.5 Å². The molecule has 0 aliphatic rings. The van der Waals surface area contributed by atoms with Gasteiger partial charge in [0.05, 0.1) is 0 Å². The normalized spacial score (nSPS) is 11.0. The molecule has 0 bridgehead atoms. The molecule has 1 aromatic rings. The van der Waals surface area contributed by atoms with E-state index in [0.29, 0.717) is 12.1 Å². The maximum Gasteiger partial charge on any atom is 0.159 e. The Morgan fingerprint density at radius 3 is 2.69 bits per heavy atom. The molecule has 0 heterocycles. The molecule has 0 aliphatic carbocycles. The third kappa shape index (κ3) is 2.95. The lowest BCUT2D eigenvalue weighted by atomic mass is 10.2. The molecule has 0 amide bonds. The van der Waals surface area contributed by atoms with Crippen LogP contribution in [0.5, 0.6) is 0 Å². The summed E-state index contributed by atoms with van der Waals surface area (Å²) in [6.45, 7) is 0.707. The molecule has 3 heteroatoms. The number of nitrogens with one attached hydrogen (secondary N) is 1. The highest BCUT2D eigenvalue weighted by Crippen LogP contribution is 2.09. The molecule has 13 heavy (non-hydrogen) atoms. The topological polar surface area (TPSA) is 12.0 Å². The average Bonchev–Trinajstić information content (AvgIpc) is 2.12. The molecule has 0 aromatic heterocycles. The Hall–Kier alpha value is -1.22. The zero-order valence-electron chi connectivity index (χ0n) is 7.35. The van der Waals surface area contributed by atoms with Gasteiger partial charge in [0.1, 0.15) is 0 Å². The SMILES string of the molecule is CNCC=Cc1ccc(F)c(F)c1. The first-order valence-electron chi connectivity index (χ1n) is 4.00. The fourth-order valence-corrected chi connectivity index (χ4v) is 0.929. The Morgan fingerprint density at radius 2 is 2.08 bits per heavy atom. The summed E-state index contributed by atoms with van der Waals surface area (Å²) >= 11 is 0. The summed E-state index contributed by atoms with van der Waals surface area (Å²) in [5, 5.41) is 2.91. The van der Waals surface area contributed by atoms with Crippen LogP contribution in [-0.2, 0) is 0 Å². The molecule has 70 valence electrons. The number of halogens is 2. The van der Waals surface area contributed by atoms with Gasteiger partial charge in [0, 0.05) is 6.54 Å². The summed E-state index contributed by atoms with van der Waals surface area (Å²) in [6.07, 6.45) is 3.58. The summed E-state index contributed by atoms with van der Waals surface area (Å²) in [5.74, 6) is -1.63. The Bertz CT molecular complexity index is 308. The number of hydrogen-bond acceptors (Lipinski definition) is 1. The minimum Gasteiger partial charge on any atom is -0.316 e.